The van der Waals surface area contributed by atoms with Gasteiger partial charge in [-0.3, -0.25) is 4.79 Å². The maximum absolute atomic E-state index is 11.9. The van der Waals surface area contributed by atoms with Gasteiger partial charge in [0.05, 0.1) is 18.1 Å². The number of rotatable bonds is 7. The third-order valence-electron chi connectivity index (χ3n) is 2.92. The molecule has 1 amide bonds. The minimum Gasteiger partial charge on any atom is -0.460 e. The Morgan fingerprint density at radius 2 is 2.09 bits per heavy atom. The van der Waals surface area contributed by atoms with Crippen molar-refractivity contribution in [2.75, 3.05) is 17.7 Å². The number of amides is 1. The van der Waals surface area contributed by atoms with Gasteiger partial charge in [0.2, 0.25) is 11.7 Å². The molecule has 0 saturated carbocycles. The monoisotopic (exact) mass is 333 g/mol. The van der Waals surface area contributed by atoms with E-state index in [1.165, 1.54) is 11.8 Å². The van der Waals surface area contributed by atoms with E-state index in [0.717, 1.165) is 11.3 Å². The van der Waals surface area contributed by atoms with Gasteiger partial charge in [-0.15, -0.1) is 11.8 Å². The fraction of sp³-hybridized carbons (Fsp3) is 0.294. The van der Waals surface area contributed by atoms with Crippen molar-refractivity contribution in [3.8, 4) is 0 Å². The number of carbonyl (C=O) groups excluding carboxylic acids is 2. The number of ether oxygens (including phenoxy) is 1. The topological polar surface area (TPSA) is 68.5 Å². The molecule has 0 radical (unpaired) electrons. The zero-order chi connectivity index (χ0) is 16.7. The molecule has 0 fully saturated rings. The summed E-state index contributed by atoms with van der Waals surface area (Å²) in [6, 6.07) is 11.0. The van der Waals surface area contributed by atoms with Gasteiger partial charge in [0.25, 0.3) is 0 Å². The van der Waals surface area contributed by atoms with E-state index in [0.29, 0.717) is 23.9 Å². The second-order valence-corrected chi connectivity index (χ2v) is 5.88. The van der Waals surface area contributed by atoms with Crippen LogP contribution in [-0.4, -0.2) is 24.2 Å². The maximum Gasteiger partial charge on any atom is 0.374 e. The van der Waals surface area contributed by atoms with Gasteiger partial charge in [-0.05, 0) is 43.7 Å². The Labute approximate surface area is 139 Å². The van der Waals surface area contributed by atoms with E-state index in [4.69, 9.17) is 9.15 Å². The van der Waals surface area contributed by atoms with Gasteiger partial charge >= 0.3 is 5.97 Å². The summed E-state index contributed by atoms with van der Waals surface area (Å²) in [5.41, 5.74) is 1.88. The van der Waals surface area contributed by atoms with Crippen molar-refractivity contribution in [2.24, 2.45) is 0 Å². The van der Waals surface area contributed by atoms with Gasteiger partial charge in [-0.25, -0.2) is 4.79 Å². The van der Waals surface area contributed by atoms with Crippen LogP contribution in [0.3, 0.4) is 0 Å². The molecule has 1 aromatic heterocycles. The Bertz CT molecular complexity index is 681. The third kappa shape index (κ3) is 5.49. The zero-order valence-corrected chi connectivity index (χ0v) is 13.9. The lowest BCUT2D eigenvalue weighted by molar-refractivity contribution is -0.113. The summed E-state index contributed by atoms with van der Waals surface area (Å²) in [5, 5.41) is 2.84. The van der Waals surface area contributed by atoms with Crippen molar-refractivity contribution >= 4 is 29.3 Å². The first kappa shape index (κ1) is 17.1. The molecule has 0 aliphatic rings. The van der Waals surface area contributed by atoms with Crippen molar-refractivity contribution in [3.05, 3.63) is 53.5 Å². The number of nitrogens with one attached hydrogen (secondary N) is 1. The summed E-state index contributed by atoms with van der Waals surface area (Å²) >= 11 is 1.42. The number of furan rings is 1. The number of hydrogen-bond donors (Lipinski definition) is 1. The number of hydrogen-bond acceptors (Lipinski definition) is 5. The zero-order valence-electron chi connectivity index (χ0n) is 13.1. The fourth-order valence-corrected chi connectivity index (χ4v) is 2.65. The highest BCUT2D eigenvalue weighted by Crippen LogP contribution is 2.17. The number of carbonyl (C=O) groups is 2. The summed E-state index contributed by atoms with van der Waals surface area (Å²) in [7, 11) is 0. The Kier molecular flexibility index (Phi) is 6.29. The predicted molar refractivity (Wildman–Crippen MR) is 90.6 cm³/mol. The van der Waals surface area contributed by atoms with Gasteiger partial charge in [0.1, 0.15) is 5.76 Å². The maximum atomic E-state index is 11.9. The number of aryl methyl sites for hydroxylation is 1. The van der Waals surface area contributed by atoms with E-state index >= 15 is 0 Å². The summed E-state index contributed by atoms with van der Waals surface area (Å²) in [4.78, 5) is 23.4. The SMILES string of the molecule is CCOC(=O)c1ccc(CSCC(=O)Nc2cccc(C)c2)o1. The van der Waals surface area contributed by atoms with Crippen LogP contribution in [-0.2, 0) is 15.3 Å². The number of benzene rings is 1. The minimum absolute atomic E-state index is 0.0715. The molecule has 23 heavy (non-hydrogen) atoms. The van der Waals surface area contributed by atoms with E-state index in [9.17, 15) is 9.59 Å². The molecule has 1 aromatic carbocycles. The van der Waals surface area contributed by atoms with Crippen molar-refractivity contribution in [1.82, 2.24) is 0 Å². The largest absolute Gasteiger partial charge is 0.460 e. The number of esters is 1. The standard InChI is InChI=1S/C17H19NO4S/c1-3-21-17(20)15-8-7-14(22-15)10-23-11-16(19)18-13-6-4-5-12(2)9-13/h4-9H,3,10-11H2,1-2H3,(H,18,19). The van der Waals surface area contributed by atoms with Gasteiger partial charge in [0, 0.05) is 5.69 Å². The number of thioether (sulfide) groups is 1. The molecule has 122 valence electrons. The smallest absolute Gasteiger partial charge is 0.374 e. The van der Waals surface area contributed by atoms with E-state index in [1.54, 1.807) is 19.1 Å². The van der Waals surface area contributed by atoms with Crippen LogP contribution in [0, 0.1) is 6.92 Å². The van der Waals surface area contributed by atoms with Gasteiger partial charge < -0.3 is 14.5 Å². The third-order valence-corrected chi connectivity index (χ3v) is 3.87. The normalized spacial score (nSPS) is 10.3. The predicted octanol–water partition coefficient (Wildman–Crippen LogP) is 3.64. The van der Waals surface area contributed by atoms with Crippen molar-refractivity contribution in [3.63, 3.8) is 0 Å². The molecule has 2 rings (SSSR count). The average molecular weight is 333 g/mol. The van der Waals surface area contributed by atoms with Crippen molar-refractivity contribution < 1.29 is 18.7 Å². The van der Waals surface area contributed by atoms with E-state index < -0.39 is 5.97 Å². The minimum atomic E-state index is -0.471. The highest BCUT2D eigenvalue weighted by Gasteiger charge is 2.12. The summed E-state index contributed by atoms with van der Waals surface area (Å²) < 4.78 is 10.2. The first-order valence-corrected chi connectivity index (χ1v) is 8.44. The van der Waals surface area contributed by atoms with Crippen LogP contribution >= 0.6 is 11.8 Å². The van der Waals surface area contributed by atoms with Crippen molar-refractivity contribution in [2.45, 2.75) is 19.6 Å². The van der Waals surface area contributed by atoms with Gasteiger partial charge in [0.15, 0.2) is 0 Å². The molecule has 0 spiro atoms. The van der Waals surface area contributed by atoms with E-state index in [1.807, 2.05) is 31.2 Å². The molecule has 6 heteroatoms. The summed E-state index contributed by atoms with van der Waals surface area (Å²) in [6.07, 6.45) is 0. The molecule has 0 aliphatic carbocycles. The summed E-state index contributed by atoms with van der Waals surface area (Å²) in [6.45, 7) is 4.02. The quantitative estimate of drug-likeness (QED) is 0.784. The van der Waals surface area contributed by atoms with E-state index in [2.05, 4.69) is 5.32 Å². The summed E-state index contributed by atoms with van der Waals surface area (Å²) in [5.74, 6) is 1.11. The molecular weight excluding hydrogens is 314 g/mol. The lowest BCUT2D eigenvalue weighted by atomic mass is 10.2. The molecule has 0 aliphatic heterocycles. The Balaban J connectivity index is 1.76. The van der Waals surface area contributed by atoms with E-state index in [-0.39, 0.29) is 11.7 Å². The van der Waals surface area contributed by atoms with Crippen LogP contribution in [0.25, 0.3) is 0 Å². The Morgan fingerprint density at radius 1 is 1.26 bits per heavy atom. The van der Waals surface area contributed by atoms with Crippen LogP contribution < -0.4 is 5.32 Å². The molecule has 5 nitrogen and oxygen atoms in total. The van der Waals surface area contributed by atoms with Crippen LogP contribution in [0.15, 0.2) is 40.8 Å². The molecule has 0 saturated heterocycles. The molecule has 0 bridgehead atoms. The first-order chi connectivity index (χ1) is 11.1. The van der Waals surface area contributed by atoms with Gasteiger partial charge in [-0.2, -0.15) is 0 Å². The fourth-order valence-electron chi connectivity index (χ4n) is 1.93. The van der Waals surface area contributed by atoms with Gasteiger partial charge in [-0.1, -0.05) is 12.1 Å². The Hall–Kier alpha value is -2.21. The average Bonchev–Trinajstić information content (AvgIpc) is 2.96. The lowest BCUT2D eigenvalue weighted by Crippen LogP contribution is -2.14. The molecule has 2 aromatic rings. The highest BCUT2D eigenvalue weighted by molar-refractivity contribution is 7.99. The van der Waals surface area contributed by atoms with Crippen LogP contribution in [0.5, 0.6) is 0 Å². The lowest BCUT2D eigenvalue weighted by Gasteiger charge is -2.05. The molecule has 0 atom stereocenters. The molecular formula is C17H19NO4S. The Morgan fingerprint density at radius 3 is 2.83 bits per heavy atom. The molecule has 1 N–H and O–H groups in total. The van der Waals surface area contributed by atoms with Crippen molar-refractivity contribution in [1.29, 1.82) is 0 Å². The second kappa shape index (κ2) is 8.43. The number of anilines is 1. The van der Waals surface area contributed by atoms with Crippen LogP contribution in [0.1, 0.15) is 28.8 Å². The van der Waals surface area contributed by atoms with Crippen LogP contribution in [0.4, 0.5) is 5.69 Å². The first-order valence-electron chi connectivity index (χ1n) is 7.28. The highest BCUT2D eigenvalue weighted by atomic mass is 32.2. The molecule has 0 unspecified atom stereocenters. The van der Waals surface area contributed by atoms with Crippen LogP contribution in [0.2, 0.25) is 0 Å². The molecule has 1 heterocycles. The second-order valence-electron chi connectivity index (χ2n) is 4.90.